The van der Waals surface area contributed by atoms with Crippen LogP contribution in [0.15, 0.2) is 0 Å². The second-order valence-electron chi connectivity index (χ2n) is 6.31. The number of hydrogen-bond donors (Lipinski definition) is 1. The van der Waals surface area contributed by atoms with Gasteiger partial charge in [0, 0.05) is 11.1 Å². The SMILES string of the molecule is C1CCC2(CC1)CCC1(CCCCC1)N2. The van der Waals surface area contributed by atoms with E-state index in [0.717, 1.165) is 0 Å². The average molecular weight is 207 g/mol. The minimum Gasteiger partial charge on any atom is -0.306 e. The molecule has 3 rings (SSSR count). The summed E-state index contributed by atoms with van der Waals surface area (Å²) >= 11 is 0. The van der Waals surface area contributed by atoms with Crippen LogP contribution in [0.5, 0.6) is 0 Å². The van der Waals surface area contributed by atoms with Gasteiger partial charge in [-0.1, -0.05) is 38.5 Å². The highest BCUT2D eigenvalue weighted by atomic mass is 15.1. The van der Waals surface area contributed by atoms with Crippen molar-refractivity contribution in [3.05, 3.63) is 0 Å². The van der Waals surface area contributed by atoms with Crippen LogP contribution in [0.25, 0.3) is 0 Å². The van der Waals surface area contributed by atoms with Crippen molar-refractivity contribution < 1.29 is 0 Å². The van der Waals surface area contributed by atoms with Gasteiger partial charge in [0.15, 0.2) is 0 Å². The fourth-order valence-corrected chi connectivity index (χ4v) is 4.37. The van der Waals surface area contributed by atoms with Gasteiger partial charge in [-0.25, -0.2) is 0 Å². The molecule has 0 aromatic carbocycles. The average Bonchev–Trinajstić information content (AvgIpc) is 2.60. The lowest BCUT2D eigenvalue weighted by atomic mass is 9.80. The van der Waals surface area contributed by atoms with Gasteiger partial charge in [0.05, 0.1) is 0 Å². The van der Waals surface area contributed by atoms with E-state index in [1.54, 1.807) is 0 Å². The van der Waals surface area contributed by atoms with Crippen molar-refractivity contribution in [1.82, 2.24) is 5.32 Å². The fourth-order valence-electron chi connectivity index (χ4n) is 4.37. The van der Waals surface area contributed by atoms with Gasteiger partial charge < -0.3 is 5.32 Å². The lowest BCUT2D eigenvalue weighted by Crippen LogP contribution is -2.52. The fraction of sp³-hybridized carbons (Fsp3) is 1.00. The molecule has 3 aliphatic rings. The summed E-state index contributed by atoms with van der Waals surface area (Å²) < 4.78 is 0. The van der Waals surface area contributed by atoms with E-state index in [4.69, 9.17) is 0 Å². The van der Waals surface area contributed by atoms with Crippen LogP contribution in [0.3, 0.4) is 0 Å². The Morgan fingerprint density at radius 3 is 1.27 bits per heavy atom. The van der Waals surface area contributed by atoms with Crippen LogP contribution in [-0.2, 0) is 0 Å². The highest BCUT2D eigenvalue weighted by Crippen LogP contribution is 2.46. The van der Waals surface area contributed by atoms with Crippen LogP contribution < -0.4 is 5.32 Å². The van der Waals surface area contributed by atoms with Crippen LogP contribution in [0.1, 0.15) is 77.0 Å². The topological polar surface area (TPSA) is 12.0 Å². The molecule has 0 atom stereocenters. The lowest BCUT2D eigenvalue weighted by Gasteiger charge is -2.40. The maximum Gasteiger partial charge on any atom is 0.0187 e. The quantitative estimate of drug-likeness (QED) is 0.637. The van der Waals surface area contributed by atoms with Crippen molar-refractivity contribution in [3.63, 3.8) is 0 Å². The third-order valence-electron chi connectivity index (χ3n) is 5.23. The van der Waals surface area contributed by atoms with E-state index >= 15 is 0 Å². The van der Waals surface area contributed by atoms with E-state index in [0.29, 0.717) is 11.1 Å². The molecule has 1 aliphatic heterocycles. The molecule has 0 unspecified atom stereocenters. The van der Waals surface area contributed by atoms with Gasteiger partial charge in [-0.05, 0) is 38.5 Å². The van der Waals surface area contributed by atoms with Gasteiger partial charge in [0.1, 0.15) is 0 Å². The molecule has 0 radical (unpaired) electrons. The summed E-state index contributed by atoms with van der Waals surface area (Å²) in [4.78, 5) is 0. The van der Waals surface area contributed by atoms with Crippen molar-refractivity contribution >= 4 is 0 Å². The summed E-state index contributed by atoms with van der Waals surface area (Å²) in [6, 6.07) is 0. The normalized spacial score (nSPS) is 33.6. The van der Waals surface area contributed by atoms with Crippen molar-refractivity contribution in [3.8, 4) is 0 Å². The first kappa shape index (κ1) is 10.1. The zero-order valence-electron chi connectivity index (χ0n) is 9.99. The molecule has 0 bridgehead atoms. The van der Waals surface area contributed by atoms with Crippen LogP contribution in [0, 0.1) is 0 Å². The minimum absolute atomic E-state index is 0.593. The molecule has 0 amide bonds. The highest BCUT2D eigenvalue weighted by molar-refractivity contribution is 5.07. The Balaban J connectivity index is 1.70. The first-order valence-corrected chi connectivity index (χ1v) is 7.12. The summed E-state index contributed by atoms with van der Waals surface area (Å²) in [6.45, 7) is 0. The van der Waals surface area contributed by atoms with E-state index < -0.39 is 0 Å². The molecule has 0 aromatic rings. The molecule has 1 N–H and O–H groups in total. The predicted octanol–water partition coefficient (Wildman–Crippen LogP) is 3.78. The second kappa shape index (κ2) is 3.76. The van der Waals surface area contributed by atoms with E-state index in [-0.39, 0.29) is 0 Å². The van der Waals surface area contributed by atoms with Gasteiger partial charge >= 0.3 is 0 Å². The van der Waals surface area contributed by atoms with Crippen molar-refractivity contribution in [2.24, 2.45) is 0 Å². The zero-order chi connectivity index (χ0) is 10.2. The molecule has 1 saturated heterocycles. The molecule has 1 nitrogen and oxygen atoms in total. The zero-order valence-corrected chi connectivity index (χ0v) is 9.99. The molecule has 86 valence electrons. The van der Waals surface area contributed by atoms with Crippen LogP contribution >= 0.6 is 0 Å². The van der Waals surface area contributed by atoms with Gasteiger partial charge in [-0.3, -0.25) is 0 Å². The third kappa shape index (κ3) is 1.84. The Hall–Kier alpha value is -0.0400. The largest absolute Gasteiger partial charge is 0.306 e. The molecular weight excluding hydrogens is 182 g/mol. The molecule has 0 aromatic heterocycles. The summed E-state index contributed by atoms with van der Waals surface area (Å²) in [7, 11) is 0. The standard InChI is InChI=1S/C14H25N/c1-3-7-13(8-4-1)11-12-14(15-13)9-5-2-6-10-14/h15H,1-12H2. The minimum atomic E-state index is 0.593. The van der Waals surface area contributed by atoms with E-state index in [1.807, 2.05) is 0 Å². The first-order chi connectivity index (χ1) is 7.33. The number of hydrogen-bond acceptors (Lipinski definition) is 1. The maximum atomic E-state index is 4.12. The van der Waals surface area contributed by atoms with Gasteiger partial charge in [-0.15, -0.1) is 0 Å². The van der Waals surface area contributed by atoms with Gasteiger partial charge in [-0.2, -0.15) is 0 Å². The Morgan fingerprint density at radius 2 is 0.867 bits per heavy atom. The summed E-state index contributed by atoms with van der Waals surface area (Å²) in [5, 5.41) is 4.12. The van der Waals surface area contributed by atoms with Crippen molar-refractivity contribution in [1.29, 1.82) is 0 Å². The molecule has 1 heterocycles. The summed E-state index contributed by atoms with van der Waals surface area (Å²) in [5.41, 5.74) is 1.19. The van der Waals surface area contributed by atoms with E-state index in [1.165, 1.54) is 77.0 Å². The summed E-state index contributed by atoms with van der Waals surface area (Å²) in [5.74, 6) is 0. The van der Waals surface area contributed by atoms with Crippen molar-refractivity contribution in [2.75, 3.05) is 0 Å². The van der Waals surface area contributed by atoms with Crippen LogP contribution in [-0.4, -0.2) is 11.1 Å². The van der Waals surface area contributed by atoms with E-state index in [2.05, 4.69) is 5.32 Å². The molecule has 3 fully saturated rings. The molecule has 15 heavy (non-hydrogen) atoms. The molecular formula is C14H25N. The Labute approximate surface area is 94.0 Å². The Kier molecular flexibility index (Phi) is 2.54. The lowest BCUT2D eigenvalue weighted by molar-refractivity contribution is 0.191. The number of rotatable bonds is 0. The Morgan fingerprint density at radius 1 is 0.467 bits per heavy atom. The smallest absolute Gasteiger partial charge is 0.0187 e. The highest BCUT2D eigenvalue weighted by Gasteiger charge is 2.47. The van der Waals surface area contributed by atoms with Gasteiger partial charge in [0.2, 0.25) is 0 Å². The molecule has 1 heteroatoms. The van der Waals surface area contributed by atoms with Crippen LogP contribution in [0.2, 0.25) is 0 Å². The number of nitrogens with one attached hydrogen (secondary N) is 1. The van der Waals surface area contributed by atoms with Crippen LogP contribution in [0.4, 0.5) is 0 Å². The Bertz CT molecular complexity index is 197. The second-order valence-corrected chi connectivity index (χ2v) is 6.31. The monoisotopic (exact) mass is 207 g/mol. The van der Waals surface area contributed by atoms with Gasteiger partial charge in [0.25, 0.3) is 0 Å². The predicted molar refractivity (Wildman–Crippen MR) is 64.0 cm³/mol. The first-order valence-electron chi connectivity index (χ1n) is 7.12. The third-order valence-corrected chi connectivity index (χ3v) is 5.23. The van der Waals surface area contributed by atoms with Crippen molar-refractivity contribution in [2.45, 2.75) is 88.1 Å². The summed E-state index contributed by atoms with van der Waals surface area (Å²) in [6.07, 6.45) is 17.7. The maximum absolute atomic E-state index is 4.12. The van der Waals surface area contributed by atoms with E-state index in [9.17, 15) is 0 Å². The molecule has 2 aliphatic carbocycles. The molecule has 2 saturated carbocycles. The molecule has 2 spiro atoms.